The lowest BCUT2D eigenvalue weighted by atomic mass is 9.93. The lowest BCUT2D eigenvalue weighted by Gasteiger charge is -2.38. The molecule has 0 amide bonds. The van der Waals surface area contributed by atoms with Crippen LogP contribution in [-0.4, -0.2) is 58.7 Å². The SMILES string of the molecule is CCCCCCCCN1C[C@H](CO)[C@@H](O)[C@H](O)C1. The highest BCUT2D eigenvalue weighted by molar-refractivity contribution is 4.86. The highest BCUT2D eigenvalue weighted by Crippen LogP contribution is 2.18. The molecule has 18 heavy (non-hydrogen) atoms. The number of nitrogens with zero attached hydrogens (tertiary/aromatic N) is 1. The van der Waals surface area contributed by atoms with Gasteiger partial charge in [0.15, 0.2) is 0 Å². The van der Waals surface area contributed by atoms with Crippen molar-refractivity contribution in [1.82, 2.24) is 4.90 Å². The van der Waals surface area contributed by atoms with E-state index >= 15 is 0 Å². The van der Waals surface area contributed by atoms with Crippen LogP contribution < -0.4 is 0 Å². The third-order valence-electron chi connectivity index (χ3n) is 3.88. The van der Waals surface area contributed by atoms with Crippen LogP contribution in [-0.2, 0) is 0 Å². The van der Waals surface area contributed by atoms with Crippen LogP contribution in [0.1, 0.15) is 45.4 Å². The van der Waals surface area contributed by atoms with E-state index in [-0.39, 0.29) is 12.5 Å². The molecular formula is C14H29NO3. The summed E-state index contributed by atoms with van der Waals surface area (Å²) < 4.78 is 0. The molecule has 0 spiro atoms. The van der Waals surface area contributed by atoms with E-state index in [4.69, 9.17) is 5.11 Å². The fourth-order valence-corrected chi connectivity index (χ4v) is 2.66. The number of aliphatic hydroxyl groups excluding tert-OH is 3. The van der Waals surface area contributed by atoms with Gasteiger partial charge in [-0.25, -0.2) is 0 Å². The van der Waals surface area contributed by atoms with Gasteiger partial charge in [-0.2, -0.15) is 0 Å². The molecule has 1 rings (SSSR count). The zero-order valence-electron chi connectivity index (χ0n) is 11.6. The summed E-state index contributed by atoms with van der Waals surface area (Å²) in [7, 11) is 0. The molecule has 4 heteroatoms. The molecule has 0 saturated carbocycles. The molecule has 1 aliphatic rings. The number of hydrogen-bond acceptors (Lipinski definition) is 4. The highest BCUT2D eigenvalue weighted by atomic mass is 16.3. The number of unbranched alkanes of at least 4 members (excludes halogenated alkanes) is 5. The Kier molecular flexibility index (Phi) is 7.82. The standard InChI is InChI=1S/C14H29NO3/c1-2-3-4-5-6-7-8-15-9-12(11-16)14(18)13(17)10-15/h12-14,16-18H,2-11H2,1H3/t12-,13-,14-/m1/s1. The largest absolute Gasteiger partial charge is 0.396 e. The summed E-state index contributed by atoms with van der Waals surface area (Å²) in [6.45, 7) is 4.36. The molecular weight excluding hydrogens is 230 g/mol. The van der Waals surface area contributed by atoms with Gasteiger partial charge in [0.05, 0.1) is 12.2 Å². The van der Waals surface area contributed by atoms with Crippen molar-refractivity contribution < 1.29 is 15.3 Å². The van der Waals surface area contributed by atoms with Gasteiger partial charge in [-0.3, -0.25) is 0 Å². The van der Waals surface area contributed by atoms with Crippen molar-refractivity contribution in [3.63, 3.8) is 0 Å². The first-order chi connectivity index (χ1) is 8.69. The van der Waals surface area contributed by atoms with Crippen molar-refractivity contribution in [2.24, 2.45) is 5.92 Å². The molecule has 0 aromatic rings. The van der Waals surface area contributed by atoms with Gasteiger partial charge in [-0.05, 0) is 13.0 Å². The molecule has 3 N–H and O–H groups in total. The van der Waals surface area contributed by atoms with Crippen molar-refractivity contribution >= 4 is 0 Å². The van der Waals surface area contributed by atoms with E-state index in [0.717, 1.165) is 13.0 Å². The Labute approximate surface area is 111 Å². The van der Waals surface area contributed by atoms with Gasteiger partial charge < -0.3 is 20.2 Å². The predicted octanol–water partition coefficient (Wildman–Crippen LogP) is 0.993. The maximum absolute atomic E-state index is 9.72. The summed E-state index contributed by atoms with van der Waals surface area (Å²) in [4.78, 5) is 2.16. The fourth-order valence-electron chi connectivity index (χ4n) is 2.66. The molecule has 3 atom stereocenters. The highest BCUT2D eigenvalue weighted by Gasteiger charge is 2.33. The maximum Gasteiger partial charge on any atom is 0.0929 e. The smallest absolute Gasteiger partial charge is 0.0929 e. The van der Waals surface area contributed by atoms with E-state index in [1.54, 1.807) is 0 Å². The average Bonchev–Trinajstić information content (AvgIpc) is 2.37. The Morgan fingerprint density at radius 3 is 2.33 bits per heavy atom. The Morgan fingerprint density at radius 1 is 1.00 bits per heavy atom. The van der Waals surface area contributed by atoms with Gasteiger partial charge in [-0.15, -0.1) is 0 Å². The van der Waals surface area contributed by atoms with Crippen LogP contribution in [0, 0.1) is 5.92 Å². The first-order valence-corrected chi connectivity index (χ1v) is 7.38. The summed E-state index contributed by atoms with van der Waals surface area (Å²) in [5.74, 6) is -0.200. The van der Waals surface area contributed by atoms with Crippen LogP contribution in [0.2, 0.25) is 0 Å². The summed E-state index contributed by atoms with van der Waals surface area (Å²) in [5, 5.41) is 28.6. The minimum absolute atomic E-state index is 0.0504. The minimum Gasteiger partial charge on any atom is -0.396 e. The van der Waals surface area contributed by atoms with Crippen molar-refractivity contribution in [2.75, 3.05) is 26.2 Å². The molecule has 0 aliphatic carbocycles. The number of hydrogen-bond donors (Lipinski definition) is 3. The van der Waals surface area contributed by atoms with E-state index in [0.29, 0.717) is 13.1 Å². The van der Waals surface area contributed by atoms with Gasteiger partial charge >= 0.3 is 0 Å². The third kappa shape index (κ3) is 5.22. The van der Waals surface area contributed by atoms with Crippen molar-refractivity contribution in [1.29, 1.82) is 0 Å². The molecule has 1 aliphatic heterocycles. The molecule has 0 aromatic carbocycles. The zero-order valence-corrected chi connectivity index (χ0v) is 11.6. The van der Waals surface area contributed by atoms with Crippen LogP contribution in [0.3, 0.4) is 0 Å². The summed E-state index contributed by atoms with van der Waals surface area (Å²) in [6.07, 6.45) is 6.10. The van der Waals surface area contributed by atoms with Crippen LogP contribution >= 0.6 is 0 Å². The van der Waals surface area contributed by atoms with E-state index in [2.05, 4.69) is 11.8 Å². The second-order valence-corrected chi connectivity index (χ2v) is 5.53. The summed E-state index contributed by atoms with van der Waals surface area (Å²) >= 11 is 0. The molecule has 0 radical (unpaired) electrons. The van der Waals surface area contributed by atoms with Crippen molar-refractivity contribution in [2.45, 2.75) is 57.7 Å². The Hall–Kier alpha value is -0.160. The quantitative estimate of drug-likeness (QED) is 0.569. The van der Waals surface area contributed by atoms with Crippen molar-refractivity contribution in [3.8, 4) is 0 Å². The third-order valence-corrected chi connectivity index (χ3v) is 3.88. The van der Waals surface area contributed by atoms with Gasteiger partial charge in [0, 0.05) is 25.6 Å². The van der Waals surface area contributed by atoms with Crippen LogP contribution in [0.4, 0.5) is 0 Å². The van der Waals surface area contributed by atoms with E-state index in [1.165, 1.54) is 32.1 Å². The first-order valence-electron chi connectivity index (χ1n) is 7.38. The van der Waals surface area contributed by atoms with E-state index in [9.17, 15) is 10.2 Å². The normalized spacial score (nSPS) is 29.7. The second-order valence-electron chi connectivity index (χ2n) is 5.53. The monoisotopic (exact) mass is 259 g/mol. The molecule has 0 aromatic heterocycles. The number of piperidine rings is 1. The minimum atomic E-state index is -0.768. The lowest BCUT2D eigenvalue weighted by Crippen LogP contribution is -2.53. The Morgan fingerprint density at radius 2 is 1.67 bits per heavy atom. The molecule has 1 saturated heterocycles. The van der Waals surface area contributed by atoms with Crippen LogP contribution in [0.25, 0.3) is 0 Å². The molecule has 1 heterocycles. The van der Waals surface area contributed by atoms with Crippen molar-refractivity contribution in [3.05, 3.63) is 0 Å². The summed E-state index contributed by atoms with van der Waals surface area (Å²) in [5.41, 5.74) is 0. The van der Waals surface area contributed by atoms with E-state index in [1.807, 2.05) is 0 Å². The molecule has 0 bridgehead atoms. The molecule has 1 fully saturated rings. The van der Waals surface area contributed by atoms with Gasteiger partial charge in [-0.1, -0.05) is 39.0 Å². The number of likely N-dealkylation sites (tertiary alicyclic amines) is 1. The fraction of sp³-hybridized carbons (Fsp3) is 1.00. The Balaban J connectivity index is 2.14. The first kappa shape index (κ1) is 15.9. The molecule has 108 valence electrons. The van der Waals surface area contributed by atoms with Gasteiger partial charge in [0.25, 0.3) is 0 Å². The van der Waals surface area contributed by atoms with E-state index < -0.39 is 12.2 Å². The lowest BCUT2D eigenvalue weighted by molar-refractivity contribution is -0.0861. The predicted molar refractivity (Wildman–Crippen MR) is 72.4 cm³/mol. The zero-order chi connectivity index (χ0) is 13.4. The van der Waals surface area contributed by atoms with Crippen LogP contribution in [0.5, 0.6) is 0 Å². The molecule has 0 unspecified atom stereocenters. The molecule has 4 nitrogen and oxygen atoms in total. The topological polar surface area (TPSA) is 63.9 Å². The average molecular weight is 259 g/mol. The van der Waals surface area contributed by atoms with Gasteiger partial charge in [0.2, 0.25) is 0 Å². The Bertz CT molecular complexity index is 213. The number of aliphatic hydroxyl groups is 3. The second kappa shape index (κ2) is 8.86. The number of β-amino-alcohol motifs (C(OH)–C–C–N with tert-alkyl or cyclic N) is 1. The number of rotatable bonds is 8. The maximum atomic E-state index is 9.72. The van der Waals surface area contributed by atoms with Gasteiger partial charge in [0.1, 0.15) is 0 Å². The van der Waals surface area contributed by atoms with Crippen LogP contribution in [0.15, 0.2) is 0 Å². The summed E-state index contributed by atoms with van der Waals surface area (Å²) in [6, 6.07) is 0.